The van der Waals surface area contributed by atoms with Crippen LogP contribution < -0.4 is 4.72 Å². The van der Waals surface area contributed by atoms with Gasteiger partial charge in [-0.2, -0.15) is 0 Å². The van der Waals surface area contributed by atoms with E-state index in [1.165, 1.54) is 12.1 Å². The lowest BCUT2D eigenvalue weighted by atomic mass is 10.3. The predicted molar refractivity (Wildman–Crippen MR) is 81.2 cm³/mol. The fourth-order valence-electron chi connectivity index (χ4n) is 1.60. The zero-order valence-corrected chi connectivity index (χ0v) is 13.6. The highest BCUT2D eigenvalue weighted by molar-refractivity contribution is 7.92. The van der Waals surface area contributed by atoms with Gasteiger partial charge >= 0.3 is 0 Å². The van der Waals surface area contributed by atoms with Crippen LogP contribution in [0.1, 0.15) is 5.56 Å². The van der Waals surface area contributed by atoms with Gasteiger partial charge in [0.1, 0.15) is 15.9 Å². The van der Waals surface area contributed by atoms with Gasteiger partial charge in [-0.25, -0.2) is 17.8 Å². The summed E-state index contributed by atoms with van der Waals surface area (Å²) in [5.74, 6) is -0.967. The molecule has 0 saturated heterocycles. The largest absolute Gasteiger partial charge is 0.276 e. The van der Waals surface area contributed by atoms with Crippen molar-refractivity contribution in [3.05, 3.63) is 51.0 Å². The summed E-state index contributed by atoms with van der Waals surface area (Å²) in [5.41, 5.74) is 0.494. The first-order chi connectivity index (χ1) is 9.70. The lowest BCUT2D eigenvalue weighted by Gasteiger charge is -2.12. The summed E-state index contributed by atoms with van der Waals surface area (Å²) in [4.78, 5) is 3.19. The second-order valence-corrected chi connectivity index (χ2v) is 6.94. The van der Waals surface area contributed by atoms with Crippen molar-refractivity contribution in [1.29, 1.82) is 0 Å². The average Bonchev–Trinajstić information content (AvgIpc) is 2.33. The van der Waals surface area contributed by atoms with Crippen molar-refractivity contribution in [2.75, 3.05) is 4.72 Å². The van der Waals surface area contributed by atoms with E-state index in [-0.39, 0.29) is 21.0 Å². The number of pyridine rings is 1. The first kappa shape index (κ1) is 16.3. The second-order valence-electron chi connectivity index (χ2n) is 4.11. The number of benzene rings is 1. The third-order valence-corrected chi connectivity index (χ3v) is 4.65. The van der Waals surface area contributed by atoms with Gasteiger partial charge in [0.15, 0.2) is 5.15 Å². The molecule has 0 aliphatic heterocycles. The van der Waals surface area contributed by atoms with Crippen LogP contribution in [0.4, 0.5) is 10.1 Å². The number of anilines is 1. The van der Waals surface area contributed by atoms with E-state index in [0.29, 0.717) is 5.56 Å². The van der Waals surface area contributed by atoms with Crippen LogP contribution in [0.3, 0.4) is 0 Å². The van der Waals surface area contributed by atoms with E-state index in [9.17, 15) is 12.8 Å². The molecule has 0 unspecified atom stereocenters. The monoisotopic (exact) mass is 368 g/mol. The molecule has 0 aliphatic rings. The minimum atomic E-state index is -4.17. The van der Waals surface area contributed by atoms with Gasteiger partial charge in [-0.3, -0.25) is 4.72 Å². The third kappa shape index (κ3) is 3.58. The Hall–Kier alpha value is -1.08. The first-order valence-electron chi connectivity index (χ1n) is 5.51. The SMILES string of the molecule is Cc1cc(Cl)nc(Cl)c1NS(=O)(=O)c1ccc(Cl)cc1F. The van der Waals surface area contributed by atoms with E-state index in [1.54, 1.807) is 6.92 Å². The van der Waals surface area contributed by atoms with E-state index < -0.39 is 20.7 Å². The number of aromatic nitrogens is 1. The number of hydrogen-bond donors (Lipinski definition) is 1. The Labute approximate surface area is 135 Å². The molecule has 0 fully saturated rings. The summed E-state index contributed by atoms with van der Waals surface area (Å²) >= 11 is 17.2. The van der Waals surface area contributed by atoms with Gasteiger partial charge in [0.2, 0.25) is 0 Å². The topological polar surface area (TPSA) is 59.1 Å². The van der Waals surface area contributed by atoms with Crippen LogP contribution >= 0.6 is 34.8 Å². The van der Waals surface area contributed by atoms with E-state index in [0.717, 1.165) is 12.1 Å². The molecule has 2 rings (SSSR count). The lowest BCUT2D eigenvalue weighted by Crippen LogP contribution is -2.16. The third-order valence-electron chi connectivity index (χ3n) is 2.56. The molecule has 21 heavy (non-hydrogen) atoms. The summed E-state index contributed by atoms with van der Waals surface area (Å²) in [6, 6.07) is 4.68. The first-order valence-corrected chi connectivity index (χ1v) is 8.13. The van der Waals surface area contributed by atoms with Crippen molar-refractivity contribution in [2.24, 2.45) is 0 Å². The average molecular weight is 370 g/mol. The maximum Gasteiger partial charge on any atom is 0.264 e. The van der Waals surface area contributed by atoms with Gasteiger partial charge in [0.05, 0.1) is 5.69 Å². The number of aryl methyl sites for hydroxylation is 1. The molecule has 1 aromatic heterocycles. The van der Waals surface area contributed by atoms with Crippen LogP contribution in [0.5, 0.6) is 0 Å². The van der Waals surface area contributed by atoms with Gasteiger partial charge in [-0.15, -0.1) is 0 Å². The number of rotatable bonds is 3. The molecule has 0 amide bonds. The van der Waals surface area contributed by atoms with Crippen molar-refractivity contribution >= 4 is 50.5 Å². The molecule has 1 N–H and O–H groups in total. The molecule has 4 nitrogen and oxygen atoms in total. The van der Waals surface area contributed by atoms with Crippen molar-refractivity contribution in [2.45, 2.75) is 11.8 Å². The molecule has 0 saturated carbocycles. The smallest absolute Gasteiger partial charge is 0.264 e. The number of nitrogens with one attached hydrogen (secondary N) is 1. The van der Waals surface area contributed by atoms with Crippen LogP contribution in [-0.4, -0.2) is 13.4 Å². The maximum atomic E-state index is 13.7. The van der Waals surface area contributed by atoms with E-state index >= 15 is 0 Å². The quantitative estimate of drug-likeness (QED) is 0.821. The Kier molecular flexibility index (Phi) is 4.63. The predicted octanol–water partition coefficient (Wildman–Crippen LogP) is 4.29. The van der Waals surface area contributed by atoms with Gasteiger partial charge in [0, 0.05) is 5.02 Å². The summed E-state index contributed by atoms with van der Waals surface area (Å²) in [5, 5.41) is 0.0879. The second kappa shape index (κ2) is 5.96. The van der Waals surface area contributed by atoms with Gasteiger partial charge in [-0.1, -0.05) is 34.8 Å². The number of sulfonamides is 1. The van der Waals surface area contributed by atoms with Crippen molar-refractivity contribution < 1.29 is 12.8 Å². The molecule has 9 heteroatoms. The summed E-state index contributed by atoms with van der Waals surface area (Å²) < 4.78 is 40.4. The molecule has 0 bridgehead atoms. The molecular weight excluding hydrogens is 362 g/mol. The molecule has 0 atom stereocenters. The normalized spacial score (nSPS) is 11.5. The fourth-order valence-corrected chi connectivity index (χ4v) is 3.59. The standard InChI is InChI=1S/C12H8Cl3FN2O2S/c1-6-4-10(14)17-12(15)11(6)18-21(19,20)9-3-2-7(13)5-8(9)16/h2-5,18H,1H3. The Balaban J connectivity index is 2.47. The Morgan fingerprint density at radius 2 is 1.86 bits per heavy atom. The Morgan fingerprint density at radius 1 is 1.19 bits per heavy atom. The highest BCUT2D eigenvalue weighted by Gasteiger charge is 2.22. The Morgan fingerprint density at radius 3 is 2.43 bits per heavy atom. The summed E-state index contributed by atoms with van der Waals surface area (Å²) in [6.07, 6.45) is 0. The van der Waals surface area contributed by atoms with Crippen LogP contribution in [-0.2, 0) is 10.0 Å². The lowest BCUT2D eigenvalue weighted by molar-refractivity contribution is 0.570. The number of nitrogens with zero attached hydrogens (tertiary/aromatic N) is 1. The minimum absolute atomic E-state index is 0.0374. The highest BCUT2D eigenvalue weighted by Crippen LogP contribution is 2.29. The molecule has 2 aromatic rings. The van der Waals surface area contributed by atoms with Crippen molar-refractivity contribution in [1.82, 2.24) is 4.98 Å². The molecular formula is C12H8Cl3FN2O2S. The van der Waals surface area contributed by atoms with Crippen molar-refractivity contribution in [3.8, 4) is 0 Å². The minimum Gasteiger partial charge on any atom is -0.276 e. The van der Waals surface area contributed by atoms with Gasteiger partial charge in [0.25, 0.3) is 10.0 Å². The van der Waals surface area contributed by atoms with Gasteiger partial charge in [-0.05, 0) is 36.8 Å². The molecule has 112 valence electrons. The highest BCUT2D eigenvalue weighted by atomic mass is 35.5. The van der Waals surface area contributed by atoms with Crippen LogP contribution in [0.2, 0.25) is 15.3 Å². The summed E-state index contributed by atoms with van der Waals surface area (Å²) in [7, 11) is -4.17. The molecule has 0 spiro atoms. The zero-order valence-electron chi connectivity index (χ0n) is 10.5. The molecule has 1 aromatic carbocycles. The molecule has 0 aliphatic carbocycles. The zero-order chi connectivity index (χ0) is 15.8. The van der Waals surface area contributed by atoms with Crippen LogP contribution in [0, 0.1) is 12.7 Å². The summed E-state index contributed by atoms with van der Waals surface area (Å²) in [6.45, 7) is 1.59. The maximum absolute atomic E-state index is 13.7. The Bertz CT molecular complexity index is 789. The number of hydrogen-bond acceptors (Lipinski definition) is 3. The van der Waals surface area contributed by atoms with E-state index in [2.05, 4.69) is 9.71 Å². The molecule has 0 radical (unpaired) electrons. The van der Waals surface area contributed by atoms with Crippen molar-refractivity contribution in [3.63, 3.8) is 0 Å². The number of halogens is 4. The van der Waals surface area contributed by atoms with Crippen LogP contribution in [0.25, 0.3) is 0 Å². The molecule has 1 heterocycles. The van der Waals surface area contributed by atoms with E-state index in [1.807, 2.05) is 0 Å². The van der Waals surface area contributed by atoms with Crippen LogP contribution in [0.15, 0.2) is 29.2 Å². The fraction of sp³-hybridized carbons (Fsp3) is 0.0833. The van der Waals surface area contributed by atoms with E-state index in [4.69, 9.17) is 34.8 Å². The van der Waals surface area contributed by atoms with Gasteiger partial charge < -0.3 is 0 Å².